The Labute approximate surface area is 151 Å². The summed E-state index contributed by atoms with van der Waals surface area (Å²) < 4.78 is 13.1. The summed E-state index contributed by atoms with van der Waals surface area (Å²) in [5.74, 6) is -1.24. The molecule has 5 nitrogen and oxygen atoms in total. The first-order valence-electron chi connectivity index (χ1n) is 8.59. The van der Waals surface area contributed by atoms with Crippen LogP contribution in [-0.2, 0) is 22.4 Å². The van der Waals surface area contributed by atoms with Crippen LogP contribution in [0.3, 0.4) is 0 Å². The Hall–Kier alpha value is -2.73. The quantitative estimate of drug-likeness (QED) is 0.741. The van der Waals surface area contributed by atoms with Crippen molar-refractivity contribution in [3.8, 4) is 0 Å². The van der Waals surface area contributed by atoms with Crippen LogP contribution in [0.4, 0.5) is 10.1 Å². The zero-order valence-corrected chi connectivity index (χ0v) is 14.2. The van der Waals surface area contributed by atoms with Crippen molar-refractivity contribution in [2.75, 3.05) is 11.9 Å². The van der Waals surface area contributed by atoms with Crippen molar-refractivity contribution in [3.63, 3.8) is 0 Å². The maximum atomic E-state index is 13.1. The average molecular weight is 356 g/mol. The van der Waals surface area contributed by atoms with Crippen LogP contribution in [0.2, 0.25) is 0 Å². The molecule has 0 saturated heterocycles. The first-order valence-corrected chi connectivity index (χ1v) is 8.59. The predicted molar refractivity (Wildman–Crippen MR) is 96.0 cm³/mol. The van der Waals surface area contributed by atoms with Crippen LogP contribution < -0.4 is 10.6 Å². The van der Waals surface area contributed by atoms with Gasteiger partial charge in [0.25, 0.3) is 0 Å². The zero-order valence-electron chi connectivity index (χ0n) is 14.2. The highest BCUT2D eigenvalue weighted by Gasteiger charge is 2.27. The molecule has 1 aliphatic rings. The maximum absolute atomic E-state index is 13.1. The van der Waals surface area contributed by atoms with Crippen LogP contribution in [0.15, 0.2) is 48.5 Å². The number of carbonyl (C=O) groups excluding carboxylic acids is 2. The molecule has 26 heavy (non-hydrogen) atoms. The number of para-hydroxylation sites is 1. The monoisotopic (exact) mass is 356 g/mol. The van der Waals surface area contributed by atoms with Crippen molar-refractivity contribution in [2.24, 2.45) is 5.92 Å². The zero-order chi connectivity index (χ0) is 18.5. The molecule has 2 unspecified atom stereocenters. The standard InChI is InChI=1S/C20H21FN2O3/c21-16-6-3-4-13(8-16)9-17(24)12-22-19(25)11-15-10-14-5-1-2-7-18(14)23-20(15)26/h1-8,15,17,24H,9-12H2,(H,22,25)(H,23,26). The van der Waals surface area contributed by atoms with E-state index in [9.17, 15) is 19.1 Å². The molecule has 0 aromatic heterocycles. The van der Waals surface area contributed by atoms with Gasteiger partial charge < -0.3 is 15.7 Å². The number of hydrogen-bond acceptors (Lipinski definition) is 3. The molecule has 0 radical (unpaired) electrons. The summed E-state index contributed by atoms with van der Waals surface area (Å²) in [6, 6.07) is 13.5. The summed E-state index contributed by atoms with van der Waals surface area (Å²) in [6.07, 6.45) is 0.00496. The lowest BCUT2D eigenvalue weighted by Gasteiger charge is -2.24. The minimum Gasteiger partial charge on any atom is -0.391 e. The Kier molecular flexibility index (Phi) is 5.63. The summed E-state index contributed by atoms with van der Waals surface area (Å²) in [5.41, 5.74) is 2.46. The molecule has 0 bridgehead atoms. The molecule has 2 atom stereocenters. The van der Waals surface area contributed by atoms with Crippen molar-refractivity contribution in [1.29, 1.82) is 0 Å². The second kappa shape index (κ2) is 8.10. The third-order valence-electron chi connectivity index (χ3n) is 4.44. The Bertz CT molecular complexity index is 809. The molecule has 2 aromatic carbocycles. The van der Waals surface area contributed by atoms with Crippen LogP contribution in [0.1, 0.15) is 17.5 Å². The van der Waals surface area contributed by atoms with Gasteiger partial charge in [0.1, 0.15) is 5.82 Å². The number of aliphatic hydroxyl groups is 1. The Balaban J connectivity index is 1.47. The van der Waals surface area contributed by atoms with Gasteiger partial charge in [-0.25, -0.2) is 4.39 Å². The van der Waals surface area contributed by atoms with Crippen LogP contribution in [0.5, 0.6) is 0 Å². The van der Waals surface area contributed by atoms with E-state index in [1.54, 1.807) is 12.1 Å². The van der Waals surface area contributed by atoms with E-state index < -0.39 is 12.0 Å². The molecule has 3 rings (SSSR count). The van der Waals surface area contributed by atoms with Gasteiger partial charge in [-0.3, -0.25) is 9.59 Å². The van der Waals surface area contributed by atoms with Crippen molar-refractivity contribution < 1.29 is 19.1 Å². The molecule has 1 heterocycles. The second-order valence-corrected chi connectivity index (χ2v) is 6.54. The van der Waals surface area contributed by atoms with E-state index in [0.29, 0.717) is 12.0 Å². The highest BCUT2D eigenvalue weighted by Crippen LogP contribution is 2.26. The summed E-state index contributed by atoms with van der Waals surface area (Å²) in [6.45, 7) is 0.0558. The minimum absolute atomic E-state index is 0.0558. The highest BCUT2D eigenvalue weighted by atomic mass is 19.1. The number of rotatable bonds is 6. The third-order valence-corrected chi connectivity index (χ3v) is 4.44. The van der Waals surface area contributed by atoms with Gasteiger partial charge in [0.15, 0.2) is 0 Å². The third kappa shape index (κ3) is 4.67. The molecule has 0 spiro atoms. The molecule has 3 N–H and O–H groups in total. The molecule has 136 valence electrons. The van der Waals surface area contributed by atoms with E-state index in [4.69, 9.17) is 0 Å². The van der Waals surface area contributed by atoms with Crippen molar-refractivity contribution in [1.82, 2.24) is 5.32 Å². The second-order valence-electron chi connectivity index (χ2n) is 6.54. The number of aliphatic hydroxyl groups excluding tert-OH is 1. The molecule has 0 aliphatic carbocycles. The number of amides is 2. The van der Waals surface area contributed by atoms with Crippen molar-refractivity contribution in [2.45, 2.75) is 25.4 Å². The fourth-order valence-corrected chi connectivity index (χ4v) is 3.11. The van der Waals surface area contributed by atoms with E-state index in [1.807, 2.05) is 24.3 Å². The lowest BCUT2D eigenvalue weighted by molar-refractivity contribution is -0.127. The van der Waals surface area contributed by atoms with Gasteiger partial charge >= 0.3 is 0 Å². The number of benzene rings is 2. The summed E-state index contributed by atoms with van der Waals surface area (Å²) in [5, 5.41) is 15.5. The SMILES string of the molecule is O=C(CC1Cc2ccccc2NC1=O)NCC(O)Cc1cccc(F)c1. The number of anilines is 1. The summed E-state index contributed by atoms with van der Waals surface area (Å²) in [4.78, 5) is 24.2. The van der Waals surface area contributed by atoms with E-state index in [-0.39, 0.29) is 37.0 Å². The lowest BCUT2D eigenvalue weighted by atomic mass is 9.90. The van der Waals surface area contributed by atoms with E-state index in [1.165, 1.54) is 12.1 Å². The Morgan fingerprint density at radius 3 is 2.88 bits per heavy atom. The molecule has 6 heteroatoms. The number of halogens is 1. The molecule has 1 aliphatic heterocycles. The number of hydrogen-bond donors (Lipinski definition) is 3. The minimum atomic E-state index is -0.818. The van der Waals surface area contributed by atoms with Gasteiger partial charge in [-0.1, -0.05) is 30.3 Å². The first-order chi connectivity index (χ1) is 12.5. The number of nitrogens with one attached hydrogen (secondary N) is 2. The number of fused-ring (bicyclic) bond motifs is 1. The largest absolute Gasteiger partial charge is 0.391 e. The van der Waals surface area contributed by atoms with Crippen molar-refractivity contribution in [3.05, 3.63) is 65.5 Å². The summed E-state index contributed by atoms with van der Waals surface area (Å²) in [7, 11) is 0. The van der Waals surface area contributed by atoms with Gasteiger partial charge in [0.2, 0.25) is 11.8 Å². The molecule has 2 aromatic rings. The van der Waals surface area contributed by atoms with Gasteiger partial charge in [-0.15, -0.1) is 0 Å². The van der Waals surface area contributed by atoms with Gasteiger partial charge in [-0.2, -0.15) is 0 Å². The van der Waals surface area contributed by atoms with E-state index >= 15 is 0 Å². The maximum Gasteiger partial charge on any atom is 0.228 e. The van der Waals surface area contributed by atoms with Crippen LogP contribution in [0.25, 0.3) is 0 Å². The highest BCUT2D eigenvalue weighted by molar-refractivity contribution is 5.97. The normalized spacial score (nSPS) is 17.2. The van der Waals surface area contributed by atoms with Crippen LogP contribution in [-0.4, -0.2) is 29.6 Å². The van der Waals surface area contributed by atoms with Gasteiger partial charge in [0.05, 0.1) is 12.0 Å². The molecular weight excluding hydrogens is 335 g/mol. The topological polar surface area (TPSA) is 78.4 Å². The van der Waals surface area contributed by atoms with Gasteiger partial charge in [0, 0.05) is 25.1 Å². The Morgan fingerprint density at radius 1 is 1.27 bits per heavy atom. The smallest absolute Gasteiger partial charge is 0.228 e. The molecule has 2 amide bonds. The average Bonchev–Trinajstić information content (AvgIpc) is 2.61. The summed E-state index contributed by atoms with van der Waals surface area (Å²) >= 11 is 0. The van der Waals surface area contributed by atoms with Crippen LogP contribution in [0, 0.1) is 11.7 Å². The van der Waals surface area contributed by atoms with Crippen LogP contribution >= 0.6 is 0 Å². The molecular formula is C20H21FN2O3. The van der Waals surface area contributed by atoms with Gasteiger partial charge in [-0.05, 0) is 35.7 Å². The number of carbonyl (C=O) groups is 2. The predicted octanol–water partition coefficient (Wildman–Crippen LogP) is 2.05. The van der Waals surface area contributed by atoms with E-state index in [2.05, 4.69) is 10.6 Å². The molecule has 0 fully saturated rings. The van der Waals surface area contributed by atoms with E-state index in [0.717, 1.165) is 11.3 Å². The molecule has 0 saturated carbocycles. The van der Waals surface area contributed by atoms with Crippen molar-refractivity contribution >= 4 is 17.5 Å². The Morgan fingerprint density at radius 2 is 2.08 bits per heavy atom. The fourth-order valence-electron chi connectivity index (χ4n) is 3.11. The lowest BCUT2D eigenvalue weighted by Crippen LogP contribution is -2.38. The fraction of sp³-hybridized carbons (Fsp3) is 0.300. The first kappa shape index (κ1) is 18.1.